The fraction of sp³-hybridized carbons (Fsp3) is 0. The van der Waals surface area contributed by atoms with E-state index >= 15 is 0 Å². The number of carbonyl (C=O) groups is 1. The molecular weight excluding hydrogens is 341 g/mol. The lowest BCUT2D eigenvalue weighted by molar-refractivity contribution is -0.113. The minimum atomic E-state index is -0.345. The number of thioether (sulfide) groups is 1. The normalized spacial score (nSPS) is 16.6. The van der Waals surface area contributed by atoms with E-state index in [0.29, 0.717) is 25.5 Å². The summed E-state index contributed by atoms with van der Waals surface area (Å²) in [5, 5.41) is 0.587. The molecule has 0 aliphatic carbocycles. The Morgan fingerprint density at radius 2 is 1.91 bits per heavy atom. The molecule has 0 radical (unpaired) electrons. The summed E-state index contributed by atoms with van der Waals surface area (Å²) in [6, 6.07) is 12.9. The van der Waals surface area contributed by atoms with Crippen LogP contribution in [0.5, 0.6) is 0 Å². The highest BCUT2D eigenvalue weighted by atomic mass is 35.5. The second kappa shape index (κ2) is 6.20. The van der Waals surface area contributed by atoms with Gasteiger partial charge in [-0.05, 0) is 48.0 Å². The molecule has 1 aliphatic rings. The van der Waals surface area contributed by atoms with Crippen molar-refractivity contribution in [1.29, 1.82) is 0 Å². The van der Waals surface area contributed by atoms with Crippen LogP contribution in [0.25, 0.3) is 6.08 Å². The largest absolute Gasteiger partial charge is 0.270 e. The number of benzene rings is 2. The van der Waals surface area contributed by atoms with E-state index < -0.39 is 0 Å². The lowest BCUT2D eigenvalue weighted by atomic mass is 10.2. The molecule has 0 spiro atoms. The Hall–Kier alpha value is -1.69. The predicted molar refractivity (Wildman–Crippen MR) is 93.5 cm³/mol. The molecule has 0 unspecified atom stereocenters. The first-order valence-electron chi connectivity index (χ1n) is 6.34. The van der Waals surface area contributed by atoms with Gasteiger partial charge in [0, 0.05) is 5.02 Å². The summed E-state index contributed by atoms with van der Waals surface area (Å²) >= 11 is 12.3. The van der Waals surface area contributed by atoms with Crippen LogP contribution in [0.2, 0.25) is 5.02 Å². The van der Waals surface area contributed by atoms with Gasteiger partial charge in [-0.15, -0.1) is 0 Å². The van der Waals surface area contributed by atoms with Crippen molar-refractivity contribution in [2.24, 2.45) is 0 Å². The van der Waals surface area contributed by atoms with E-state index in [4.69, 9.17) is 23.8 Å². The van der Waals surface area contributed by atoms with Crippen molar-refractivity contribution in [1.82, 2.24) is 0 Å². The van der Waals surface area contributed by atoms with Crippen LogP contribution in [-0.4, -0.2) is 10.2 Å². The minimum Gasteiger partial charge on any atom is -0.268 e. The highest BCUT2D eigenvalue weighted by Crippen LogP contribution is 2.36. The Labute approximate surface area is 141 Å². The monoisotopic (exact) mass is 349 g/mol. The highest BCUT2D eigenvalue weighted by Gasteiger charge is 2.33. The van der Waals surface area contributed by atoms with Crippen LogP contribution in [0.1, 0.15) is 5.56 Å². The lowest BCUT2D eigenvalue weighted by Crippen LogP contribution is -2.27. The van der Waals surface area contributed by atoms with Crippen molar-refractivity contribution in [2.45, 2.75) is 0 Å². The minimum absolute atomic E-state index is 0.221. The summed E-state index contributed by atoms with van der Waals surface area (Å²) in [6.45, 7) is 0. The molecule has 2 nitrogen and oxygen atoms in total. The molecule has 0 saturated carbocycles. The van der Waals surface area contributed by atoms with Gasteiger partial charge in [0.15, 0.2) is 4.32 Å². The summed E-state index contributed by atoms with van der Waals surface area (Å²) in [7, 11) is 0. The third-order valence-electron chi connectivity index (χ3n) is 3.02. The van der Waals surface area contributed by atoms with Gasteiger partial charge in [0.25, 0.3) is 5.91 Å². The Morgan fingerprint density at radius 1 is 1.18 bits per heavy atom. The number of hydrogen-bond acceptors (Lipinski definition) is 3. The molecule has 2 aromatic rings. The van der Waals surface area contributed by atoms with Crippen LogP contribution in [-0.2, 0) is 4.79 Å². The van der Waals surface area contributed by atoms with E-state index in [-0.39, 0.29) is 11.7 Å². The van der Waals surface area contributed by atoms with Crippen LogP contribution in [0.3, 0.4) is 0 Å². The molecule has 0 atom stereocenters. The van der Waals surface area contributed by atoms with Gasteiger partial charge in [-0.2, -0.15) is 0 Å². The quantitative estimate of drug-likeness (QED) is 0.569. The number of thiocarbonyl (C=S) groups is 1. The number of amides is 1. The molecule has 1 fully saturated rings. The molecule has 22 heavy (non-hydrogen) atoms. The van der Waals surface area contributed by atoms with E-state index in [2.05, 4.69) is 0 Å². The number of nitrogens with zero attached hydrogens (tertiary/aromatic N) is 1. The molecule has 1 aliphatic heterocycles. The van der Waals surface area contributed by atoms with Gasteiger partial charge in [0.2, 0.25) is 0 Å². The molecular formula is C16H9ClFNOS2. The SMILES string of the molecule is O=C1C(=Cc2cccc(F)c2)SC(=S)N1c1ccc(Cl)cc1. The zero-order valence-corrected chi connectivity index (χ0v) is 13.5. The lowest BCUT2D eigenvalue weighted by Gasteiger charge is -2.14. The Balaban J connectivity index is 1.93. The smallest absolute Gasteiger partial charge is 0.268 e. The zero-order valence-electron chi connectivity index (χ0n) is 11.1. The van der Waals surface area contributed by atoms with Crippen molar-refractivity contribution in [3.63, 3.8) is 0 Å². The van der Waals surface area contributed by atoms with Gasteiger partial charge in [0.05, 0.1) is 10.6 Å². The van der Waals surface area contributed by atoms with E-state index in [1.165, 1.54) is 28.8 Å². The van der Waals surface area contributed by atoms with Crippen LogP contribution in [0.4, 0.5) is 10.1 Å². The summed E-state index contributed by atoms with van der Waals surface area (Å²) < 4.78 is 13.7. The Bertz CT molecular complexity index is 789. The first-order chi connectivity index (χ1) is 10.5. The van der Waals surface area contributed by atoms with Gasteiger partial charge in [-0.1, -0.05) is 47.7 Å². The number of rotatable bonds is 2. The maximum atomic E-state index is 13.2. The predicted octanol–water partition coefficient (Wildman–Crippen LogP) is 4.88. The molecule has 6 heteroatoms. The number of carbonyl (C=O) groups excluding carboxylic acids is 1. The van der Waals surface area contributed by atoms with E-state index in [0.717, 1.165) is 0 Å². The van der Waals surface area contributed by atoms with Crippen LogP contribution in [0, 0.1) is 5.82 Å². The molecule has 110 valence electrons. The fourth-order valence-corrected chi connectivity index (χ4v) is 3.45. The van der Waals surface area contributed by atoms with Crippen molar-refractivity contribution in [3.05, 3.63) is 69.8 Å². The highest BCUT2D eigenvalue weighted by molar-refractivity contribution is 8.27. The average molecular weight is 350 g/mol. The second-order valence-corrected chi connectivity index (χ2v) is 6.66. The van der Waals surface area contributed by atoms with Gasteiger partial charge in [-0.3, -0.25) is 9.69 Å². The zero-order chi connectivity index (χ0) is 15.7. The molecule has 0 N–H and O–H groups in total. The molecule has 1 heterocycles. The molecule has 1 amide bonds. The van der Waals surface area contributed by atoms with Gasteiger partial charge in [-0.25, -0.2) is 4.39 Å². The third-order valence-corrected chi connectivity index (χ3v) is 4.58. The maximum absolute atomic E-state index is 13.2. The average Bonchev–Trinajstić information content (AvgIpc) is 2.75. The van der Waals surface area contributed by atoms with Crippen LogP contribution in [0.15, 0.2) is 53.4 Å². The van der Waals surface area contributed by atoms with Crippen LogP contribution < -0.4 is 4.90 Å². The van der Waals surface area contributed by atoms with E-state index in [1.54, 1.807) is 42.5 Å². The summed E-state index contributed by atoms with van der Waals surface area (Å²) in [5.74, 6) is -0.566. The fourth-order valence-electron chi connectivity index (χ4n) is 2.03. The molecule has 1 saturated heterocycles. The van der Waals surface area contributed by atoms with Crippen molar-refractivity contribution in [2.75, 3.05) is 4.90 Å². The van der Waals surface area contributed by atoms with Crippen molar-refractivity contribution in [3.8, 4) is 0 Å². The van der Waals surface area contributed by atoms with E-state index in [9.17, 15) is 9.18 Å². The summed E-state index contributed by atoms with van der Waals surface area (Å²) in [5.41, 5.74) is 1.28. The molecule has 3 rings (SSSR count). The number of anilines is 1. The topological polar surface area (TPSA) is 20.3 Å². The van der Waals surface area contributed by atoms with Gasteiger partial charge >= 0.3 is 0 Å². The van der Waals surface area contributed by atoms with Crippen molar-refractivity contribution >= 4 is 57.6 Å². The third kappa shape index (κ3) is 3.06. The van der Waals surface area contributed by atoms with E-state index in [1.807, 2.05) is 0 Å². The Morgan fingerprint density at radius 3 is 2.59 bits per heavy atom. The Kier molecular flexibility index (Phi) is 4.29. The second-order valence-electron chi connectivity index (χ2n) is 4.55. The number of halogens is 2. The molecule has 0 aromatic heterocycles. The summed E-state index contributed by atoms with van der Waals surface area (Å²) in [4.78, 5) is 14.4. The standard InChI is InChI=1S/C16H9ClFNOS2/c17-11-4-6-13(7-5-11)19-15(20)14(22-16(19)21)9-10-2-1-3-12(18)8-10/h1-9H. The van der Waals surface area contributed by atoms with Gasteiger partial charge < -0.3 is 0 Å². The first kappa shape index (κ1) is 15.2. The molecule has 2 aromatic carbocycles. The first-order valence-corrected chi connectivity index (χ1v) is 7.94. The summed E-state index contributed by atoms with van der Waals surface area (Å²) in [6.07, 6.45) is 1.64. The molecule has 0 bridgehead atoms. The van der Waals surface area contributed by atoms with Crippen LogP contribution >= 0.6 is 35.6 Å². The van der Waals surface area contributed by atoms with Gasteiger partial charge in [0.1, 0.15) is 5.82 Å². The number of hydrogen-bond donors (Lipinski definition) is 0. The van der Waals surface area contributed by atoms with Crippen molar-refractivity contribution < 1.29 is 9.18 Å². The maximum Gasteiger partial charge on any atom is 0.270 e.